The van der Waals surface area contributed by atoms with E-state index in [0.717, 1.165) is 36.8 Å². The third kappa shape index (κ3) is 2.65. The van der Waals surface area contributed by atoms with Crippen molar-refractivity contribution in [3.63, 3.8) is 0 Å². The maximum absolute atomic E-state index is 12.3. The molecule has 2 aromatic heterocycles. The molecule has 1 fully saturated rings. The minimum atomic E-state index is 0.130. The maximum atomic E-state index is 12.3. The number of hydrogen-bond acceptors (Lipinski definition) is 4. The van der Waals surface area contributed by atoms with E-state index in [1.54, 1.807) is 16.2 Å². The van der Waals surface area contributed by atoms with Crippen molar-refractivity contribution in [2.45, 2.75) is 0 Å². The van der Waals surface area contributed by atoms with Crippen molar-refractivity contribution in [3.8, 4) is 0 Å². The highest BCUT2D eigenvalue weighted by Crippen LogP contribution is 2.31. The molecular formula is C13H17N3O2S. The number of carbonyl (C=O) groups is 1. The Labute approximate surface area is 115 Å². The first kappa shape index (κ1) is 12.7. The third-order valence-corrected chi connectivity index (χ3v) is 4.57. The van der Waals surface area contributed by atoms with Gasteiger partial charge in [-0.15, -0.1) is 11.3 Å². The third-order valence-electron chi connectivity index (χ3n) is 3.39. The molecule has 0 spiro atoms. The number of ether oxygens (including phenoxy) is 1. The Kier molecular flexibility index (Phi) is 3.54. The molecule has 5 nitrogen and oxygen atoms in total. The van der Waals surface area contributed by atoms with Gasteiger partial charge in [0.25, 0.3) is 0 Å². The van der Waals surface area contributed by atoms with Crippen LogP contribution < -0.4 is 4.90 Å². The predicted octanol–water partition coefficient (Wildman–Crippen LogP) is 1.52. The summed E-state index contributed by atoms with van der Waals surface area (Å²) in [5, 5.41) is 0.986. The van der Waals surface area contributed by atoms with Gasteiger partial charge in [0.15, 0.2) is 0 Å². The number of likely N-dealkylation sites (N-methyl/N-ethyl adjacent to an activating group) is 1. The predicted molar refractivity (Wildman–Crippen MR) is 76.8 cm³/mol. The quantitative estimate of drug-likeness (QED) is 0.927. The van der Waals surface area contributed by atoms with Gasteiger partial charge in [-0.1, -0.05) is 0 Å². The lowest BCUT2D eigenvalue weighted by atomic mass is 10.4. The zero-order chi connectivity index (χ0) is 13.2. The molecule has 0 unspecified atom stereocenters. The minimum absolute atomic E-state index is 0.130. The van der Waals surface area contributed by atoms with Gasteiger partial charge in [-0.2, -0.15) is 0 Å². The van der Waals surface area contributed by atoms with Crippen molar-refractivity contribution < 1.29 is 9.53 Å². The van der Waals surface area contributed by atoms with Gasteiger partial charge in [0, 0.05) is 26.3 Å². The van der Waals surface area contributed by atoms with E-state index in [1.807, 2.05) is 25.4 Å². The number of aromatic amines is 1. The van der Waals surface area contributed by atoms with Crippen LogP contribution in [-0.2, 0) is 9.53 Å². The van der Waals surface area contributed by atoms with Gasteiger partial charge >= 0.3 is 0 Å². The molecule has 0 saturated carbocycles. The fraction of sp³-hybridized carbons (Fsp3) is 0.462. The number of H-pyrrole nitrogens is 1. The standard InChI is InChI=1S/C13H17N3O2S/c1-15(12(17)9-16-4-6-18-7-5-16)13-8-10-11(19-13)2-3-14-10/h2-3,8,14H,4-7,9H2,1H3. The number of aromatic nitrogens is 1. The number of morpholine rings is 1. The summed E-state index contributed by atoms with van der Waals surface area (Å²) in [5.41, 5.74) is 1.09. The smallest absolute Gasteiger partial charge is 0.241 e. The van der Waals surface area contributed by atoms with Crippen molar-refractivity contribution in [2.24, 2.45) is 0 Å². The molecular weight excluding hydrogens is 262 g/mol. The van der Waals surface area contributed by atoms with Crippen LogP contribution in [0, 0.1) is 0 Å². The van der Waals surface area contributed by atoms with E-state index in [9.17, 15) is 4.79 Å². The first-order valence-corrected chi connectivity index (χ1v) is 7.19. The highest BCUT2D eigenvalue weighted by Gasteiger charge is 2.19. The van der Waals surface area contributed by atoms with Crippen molar-refractivity contribution in [3.05, 3.63) is 18.3 Å². The Morgan fingerprint density at radius 3 is 3.05 bits per heavy atom. The van der Waals surface area contributed by atoms with Crippen LogP contribution in [0.1, 0.15) is 0 Å². The average molecular weight is 279 g/mol. The minimum Gasteiger partial charge on any atom is -0.379 e. The number of hydrogen-bond donors (Lipinski definition) is 1. The van der Waals surface area contributed by atoms with Crippen LogP contribution in [0.4, 0.5) is 5.00 Å². The Balaban J connectivity index is 1.66. The highest BCUT2D eigenvalue weighted by atomic mass is 32.1. The lowest BCUT2D eigenvalue weighted by Gasteiger charge is -2.27. The van der Waals surface area contributed by atoms with Crippen LogP contribution in [0.2, 0.25) is 0 Å². The van der Waals surface area contributed by atoms with Crippen molar-refractivity contribution >= 4 is 32.5 Å². The molecule has 1 aliphatic heterocycles. The average Bonchev–Trinajstić information content (AvgIpc) is 2.99. The zero-order valence-electron chi connectivity index (χ0n) is 10.9. The summed E-state index contributed by atoms with van der Waals surface area (Å²) >= 11 is 1.63. The monoisotopic (exact) mass is 279 g/mol. The summed E-state index contributed by atoms with van der Waals surface area (Å²) in [6, 6.07) is 4.06. The van der Waals surface area contributed by atoms with Crippen LogP contribution in [0.25, 0.3) is 10.2 Å². The SMILES string of the molecule is CN(C(=O)CN1CCOCC1)c1cc2[nH]ccc2s1. The fourth-order valence-electron chi connectivity index (χ4n) is 2.18. The summed E-state index contributed by atoms with van der Waals surface area (Å²) in [5.74, 6) is 0.130. The van der Waals surface area contributed by atoms with Crippen molar-refractivity contribution in [2.75, 3.05) is 44.8 Å². The first-order chi connectivity index (χ1) is 9.24. The lowest BCUT2D eigenvalue weighted by molar-refractivity contribution is -0.120. The van der Waals surface area contributed by atoms with Gasteiger partial charge in [-0.25, -0.2) is 0 Å². The summed E-state index contributed by atoms with van der Waals surface area (Å²) < 4.78 is 6.47. The van der Waals surface area contributed by atoms with E-state index in [-0.39, 0.29) is 5.91 Å². The number of nitrogens with zero attached hydrogens (tertiary/aromatic N) is 2. The van der Waals surface area contributed by atoms with E-state index in [2.05, 4.69) is 9.88 Å². The van der Waals surface area contributed by atoms with E-state index in [1.165, 1.54) is 4.70 Å². The Morgan fingerprint density at radius 1 is 1.53 bits per heavy atom. The summed E-state index contributed by atoms with van der Waals surface area (Å²) in [6.07, 6.45) is 1.92. The second-order valence-electron chi connectivity index (χ2n) is 4.68. The normalized spacial score (nSPS) is 16.9. The molecule has 0 radical (unpaired) electrons. The second kappa shape index (κ2) is 5.32. The topological polar surface area (TPSA) is 48.6 Å². The molecule has 6 heteroatoms. The summed E-state index contributed by atoms with van der Waals surface area (Å²) in [7, 11) is 1.84. The number of amides is 1. The number of nitrogens with one attached hydrogen (secondary N) is 1. The molecule has 0 bridgehead atoms. The van der Waals surface area contributed by atoms with Gasteiger partial charge in [0.1, 0.15) is 5.00 Å². The van der Waals surface area contributed by atoms with Crippen LogP contribution in [0.15, 0.2) is 18.3 Å². The Morgan fingerprint density at radius 2 is 2.32 bits per heavy atom. The molecule has 0 atom stereocenters. The van der Waals surface area contributed by atoms with Crippen molar-refractivity contribution in [1.29, 1.82) is 0 Å². The van der Waals surface area contributed by atoms with Crippen LogP contribution in [0.3, 0.4) is 0 Å². The van der Waals surface area contributed by atoms with Gasteiger partial charge in [0.05, 0.1) is 30.0 Å². The second-order valence-corrected chi connectivity index (χ2v) is 5.74. The van der Waals surface area contributed by atoms with Gasteiger partial charge in [0.2, 0.25) is 5.91 Å². The molecule has 19 heavy (non-hydrogen) atoms. The van der Waals surface area contributed by atoms with Crippen LogP contribution >= 0.6 is 11.3 Å². The first-order valence-electron chi connectivity index (χ1n) is 6.37. The summed E-state index contributed by atoms with van der Waals surface area (Å²) in [4.78, 5) is 19.3. The Hall–Kier alpha value is -1.37. The maximum Gasteiger partial charge on any atom is 0.241 e. The molecule has 1 N–H and O–H groups in total. The van der Waals surface area contributed by atoms with Crippen molar-refractivity contribution in [1.82, 2.24) is 9.88 Å². The zero-order valence-corrected chi connectivity index (χ0v) is 11.7. The van der Waals surface area contributed by atoms with E-state index in [4.69, 9.17) is 4.74 Å². The fourth-order valence-corrected chi connectivity index (χ4v) is 3.18. The number of fused-ring (bicyclic) bond motifs is 1. The Bertz CT molecular complexity index is 543. The van der Waals surface area contributed by atoms with Gasteiger partial charge < -0.3 is 14.6 Å². The molecule has 3 heterocycles. The molecule has 102 valence electrons. The summed E-state index contributed by atoms with van der Waals surface area (Å²) in [6.45, 7) is 3.58. The molecule has 3 rings (SSSR count). The number of anilines is 1. The number of carbonyl (C=O) groups excluding carboxylic acids is 1. The lowest BCUT2D eigenvalue weighted by Crippen LogP contribution is -2.43. The van der Waals surface area contributed by atoms with Gasteiger partial charge in [-0.3, -0.25) is 9.69 Å². The van der Waals surface area contributed by atoms with Crippen LogP contribution in [-0.4, -0.2) is 55.7 Å². The van der Waals surface area contributed by atoms with E-state index >= 15 is 0 Å². The molecule has 2 aromatic rings. The largest absolute Gasteiger partial charge is 0.379 e. The highest BCUT2D eigenvalue weighted by molar-refractivity contribution is 7.22. The number of thiophene rings is 1. The molecule has 1 aliphatic rings. The molecule has 0 aliphatic carbocycles. The molecule has 0 aromatic carbocycles. The number of rotatable bonds is 3. The van der Waals surface area contributed by atoms with E-state index in [0.29, 0.717) is 6.54 Å². The molecule has 1 saturated heterocycles. The van der Waals surface area contributed by atoms with Crippen LogP contribution in [0.5, 0.6) is 0 Å². The van der Waals surface area contributed by atoms with E-state index < -0.39 is 0 Å². The van der Waals surface area contributed by atoms with Gasteiger partial charge in [-0.05, 0) is 12.1 Å². The molecule has 1 amide bonds.